The smallest absolute Gasteiger partial charge is 0.282 e. The highest BCUT2D eigenvalue weighted by molar-refractivity contribution is 8.14. The Kier molecular flexibility index (Phi) is 8.40. The lowest BCUT2D eigenvalue weighted by Gasteiger charge is -2.28. The lowest BCUT2D eigenvalue weighted by molar-refractivity contribution is -0.113. The van der Waals surface area contributed by atoms with Crippen LogP contribution in [0.1, 0.15) is 38.2 Å². The molecule has 178 valence electrons. The first-order chi connectivity index (χ1) is 16.3. The van der Waals surface area contributed by atoms with Gasteiger partial charge in [0.25, 0.3) is 11.9 Å². The molecule has 1 N–H and O–H groups in total. The van der Waals surface area contributed by atoms with E-state index in [1.54, 1.807) is 31.2 Å². The second-order valence-electron chi connectivity index (χ2n) is 7.64. The summed E-state index contributed by atoms with van der Waals surface area (Å²) in [6, 6.07) is 6.82. The average Bonchev–Trinajstić information content (AvgIpc) is 2.81. The van der Waals surface area contributed by atoms with Crippen LogP contribution in [-0.4, -0.2) is 29.9 Å². The Hall–Kier alpha value is -3.25. The van der Waals surface area contributed by atoms with E-state index in [1.807, 2.05) is 6.92 Å². The number of carbonyl (C=O) groups excluding carboxylic acids is 1. The quantitative estimate of drug-likeness (QED) is 0.282. The van der Waals surface area contributed by atoms with Crippen LogP contribution in [0.2, 0.25) is 0 Å². The molecule has 3 rings (SSSR count). The van der Waals surface area contributed by atoms with Crippen molar-refractivity contribution in [2.45, 2.75) is 38.6 Å². The summed E-state index contributed by atoms with van der Waals surface area (Å²) in [6.45, 7) is 11.4. The lowest BCUT2D eigenvalue weighted by Crippen LogP contribution is -2.34. The highest BCUT2D eigenvalue weighted by atomic mass is 32.2. The third kappa shape index (κ3) is 5.28. The third-order valence-corrected chi connectivity index (χ3v) is 6.53. The first-order valence-corrected chi connectivity index (χ1v) is 11.7. The minimum absolute atomic E-state index is 0.0108. The van der Waals surface area contributed by atoms with Gasteiger partial charge in [-0.25, -0.2) is 24.7 Å². The molecule has 0 aliphatic carbocycles. The number of halogens is 3. The number of methoxy groups -OCH3 is 1. The van der Waals surface area contributed by atoms with Crippen molar-refractivity contribution in [3.05, 3.63) is 82.1 Å². The molecule has 34 heavy (non-hydrogen) atoms. The molecule has 9 heteroatoms. The van der Waals surface area contributed by atoms with Gasteiger partial charge >= 0.3 is 0 Å². The minimum atomic E-state index is -1.34. The first kappa shape index (κ1) is 25.4. The Morgan fingerprint density at radius 2 is 1.91 bits per heavy atom. The summed E-state index contributed by atoms with van der Waals surface area (Å²) < 4.78 is 48.1. The normalized spacial score (nSPS) is 17.7. The number of aliphatic imine (C=N–C) groups is 1. The molecule has 1 amide bonds. The molecule has 2 aromatic rings. The fraction of sp³-hybridized carbons (Fsp3) is 0.320. The van der Waals surface area contributed by atoms with Gasteiger partial charge in [-0.05, 0) is 37.3 Å². The van der Waals surface area contributed by atoms with E-state index in [0.29, 0.717) is 28.3 Å². The summed E-state index contributed by atoms with van der Waals surface area (Å²) in [6.07, 6.45) is 1.81. The number of hydrogen-bond donors (Lipinski definition) is 1. The van der Waals surface area contributed by atoms with Gasteiger partial charge in [0, 0.05) is 17.3 Å². The summed E-state index contributed by atoms with van der Waals surface area (Å²) in [5.74, 6) is -4.36. The van der Waals surface area contributed by atoms with Gasteiger partial charge in [-0.1, -0.05) is 25.5 Å². The lowest BCUT2D eigenvalue weighted by atomic mass is 9.81. The van der Waals surface area contributed by atoms with Gasteiger partial charge in [-0.2, -0.15) is 0 Å². The molecule has 1 aliphatic rings. The van der Waals surface area contributed by atoms with Gasteiger partial charge in [0.05, 0.1) is 18.4 Å². The number of nitrogens with zero attached hydrogens (tertiary/aromatic N) is 2. The fourth-order valence-electron chi connectivity index (χ4n) is 3.73. The molecule has 0 radical (unpaired) electrons. The number of rotatable bonds is 7. The second-order valence-corrected chi connectivity index (χ2v) is 8.76. The molecule has 0 saturated carbocycles. The number of carbonyl (C=O) groups is 1. The summed E-state index contributed by atoms with van der Waals surface area (Å²) in [7, 11) is 1.45. The predicted octanol–water partition coefficient (Wildman–Crippen LogP) is 6.34. The molecule has 2 unspecified atom stereocenters. The van der Waals surface area contributed by atoms with Gasteiger partial charge in [0.1, 0.15) is 17.5 Å². The minimum Gasteiger partial charge on any atom is -0.495 e. The SMILES string of the molecule is [C-]#[N+]C1C(SCCCC)=NC(C)=C(C(=O)Nc2ccccc2OC)C1c1cc(F)c(F)cc1F. The molecular weight excluding hydrogens is 463 g/mol. The Morgan fingerprint density at radius 1 is 1.21 bits per heavy atom. The molecule has 0 aromatic heterocycles. The van der Waals surface area contributed by atoms with Crippen molar-refractivity contribution in [3.8, 4) is 5.75 Å². The second kappa shape index (κ2) is 11.3. The monoisotopic (exact) mass is 487 g/mol. The Morgan fingerprint density at radius 3 is 2.59 bits per heavy atom. The Labute approximate surface area is 200 Å². The van der Waals surface area contributed by atoms with E-state index in [9.17, 15) is 18.0 Å². The number of nitrogens with one attached hydrogen (secondary N) is 1. The van der Waals surface area contributed by atoms with Crippen molar-refractivity contribution in [2.75, 3.05) is 18.2 Å². The van der Waals surface area contributed by atoms with Crippen molar-refractivity contribution in [1.82, 2.24) is 0 Å². The van der Waals surface area contributed by atoms with Crippen LogP contribution >= 0.6 is 11.8 Å². The largest absolute Gasteiger partial charge is 0.495 e. The maximum atomic E-state index is 14.9. The number of ether oxygens (including phenoxy) is 1. The van der Waals surface area contributed by atoms with Crippen molar-refractivity contribution in [2.24, 2.45) is 4.99 Å². The molecule has 0 fully saturated rings. The topological polar surface area (TPSA) is 55.0 Å². The average molecular weight is 488 g/mol. The van der Waals surface area contributed by atoms with E-state index in [1.165, 1.54) is 18.9 Å². The van der Waals surface area contributed by atoms with Gasteiger partial charge in [-0.15, -0.1) is 11.8 Å². The number of amides is 1. The van der Waals surface area contributed by atoms with Crippen LogP contribution in [0.25, 0.3) is 4.85 Å². The molecule has 0 saturated heterocycles. The van der Waals surface area contributed by atoms with Crippen LogP contribution in [0, 0.1) is 24.0 Å². The molecule has 1 heterocycles. The number of unbranched alkanes of at least 4 members (excludes halogenated alkanes) is 1. The van der Waals surface area contributed by atoms with Gasteiger partial charge in [0.2, 0.25) is 0 Å². The molecule has 0 bridgehead atoms. The van der Waals surface area contributed by atoms with Crippen molar-refractivity contribution in [1.29, 1.82) is 0 Å². The summed E-state index contributed by atoms with van der Waals surface area (Å²) in [4.78, 5) is 21.6. The predicted molar refractivity (Wildman–Crippen MR) is 129 cm³/mol. The van der Waals surface area contributed by atoms with Crippen LogP contribution in [0.3, 0.4) is 0 Å². The van der Waals surface area contributed by atoms with E-state index in [-0.39, 0.29) is 16.8 Å². The number of hydrogen-bond acceptors (Lipinski definition) is 4. The van der Waals surface area contributed by atoms with E-state index in [2.05, 4.69) is 15.2 Å². The fourth-order valence-corrected chi connectivity index (χ4v) is 4.93. The zero-order valence-electron chi connectivity index (χ0n) is 19.0. The number of allylic oxidation sites excluding steroid dienone is 1. The molecule has 2 aromatic carbocycles. The van der Waals surface area contributed by atoms with Crippen LogP contribution in [-0.2, 0) is 4.79 Å². The third-order valence-electron chi connectivity index (χ3n) is 5.41. The van der Waals surface area contributed by atoms with Crippen LogP contribution < -0.4 is 10.1 Å². The van der Waals surface area contributed by atoms with Crippen molar-refractivity contribution < 1.29 is 22.7 Å². The standard InChI is InChI=1S/C25H24F3N3O2S/c1-5-6-11-34-25-23(29-3)22(15-12-17(27)18(28)13-16(15)26)21(14(2)30-25)24(32)31-19-9-7-8-10-20(19)33-4/h7-10,12-13,22-23H,5-6,11H2,1-2,4H3,(H,31,32). The van der Waals surface area contributed by atoms with Crippen LogP contribution in [0.4, 0.5) is 18.9 Å². The summed E-state index contributed by atoms with van der Waals surface area (Å²) in [5, 5.41) is 3.15. The van der Waals surface area contributed by atoms with Crippen LogP contribution in [0.5, 0.6) is 5.75 Å². The number of para-hydroxylation sites is 2. The molecular formula is C25H24F3N3O2S. The van der Waals surface area contributed by atoms with E-state index >= 15 is 0 Å². The number of thioether (sulfide) groups is 1. The number of benzene rings is 2. The number of anilines is 1. The molecule has 5 nitrogen and oxygen atoms in total. The van der Waals surface area contributed by atoms with Gasteiger partial charge in [-0.3, -0.25) is 4.79 Å². The van der Waals surface area contributed by atoms with E-state index in [4.69, 9.17) is 11.3 Å². The molecule has 2 atom stereocenters. The summed E-state index contributed by atoms with van der Waals surface area (Å²) >= 11 is 1.35. The molecule has 0 spiro atoms. The zero-order chi connectivity index (χ0) is 24.8. The Balaban J connectivity index is 2.13. The first-order valence-electron chi connectivity index (χ1n) is 10.7. The highest BCUT2D eigenvalue weighted by Gasteiger charge is 2.44. The highest BCUT2D eigenvalue weighted by Crippen LogP contribution is 2.41. The van der Waals surface area contributed by atoms with Crippen molar-refractivity contribution >= 4 is 28.4 Å². The maximum Gasteiger partial charge on any atom is 0.282 e. The zero-order valence-corrected chi connectivity index (χ0v) is 19.8. The Bertz CT molecular complexity index is 1190. The van der Waals surface area contributed by atoms with Gasteiger partial charge < -0.3 is 14.9 Å². The van der Waals surface area contributed by atoms with Gasteiger partial charge in [0.15, 0.2) is 16.7 Å². The van der Waals surface area contributed by atoms with E-state index in [0.717, 1.165) is 18.9 Å². The molecule has 1 aliphatic heterocycles. The van der Waals surface area contributed by atoms with Crippen LogP contribution in [0.15, 0.2) is 52.7 Å². The summed E-state index contributed by atoms with van der Waals surface area (Å²) in [5.41, 5.74) is 0.385. The maximum absolute atomic E-state index is 14.9. The van der Waals surface area contributed by atoms with Crippen molar-refractivity contribution in [3.63, 3.8) is 0 Å². The van der Waals surface area contributed by atoms with E-state index < -0.39 is 35.3 Å².